The highest BCUT2D eigenvalue weighted by Gasteiger charge is 2.17. The van der Waals surface area contributed by atoms with Crippen LogP contribution in [0.5, 0.6) is 11.5 Å². The molecule has 0 amide bonds. The molecule has 0 aliphatic carbocycles. The van der Waals surface area contributed by atoms with Crippen molar-refractivity contribution < 1.29 is 14.3 Å². The van der Waals surface area contributed by atoms with Crippen LogP contribution in [0.1, 0.15) is 56.2 Å². The second-order valence-corrected chi connectivity index (χ2v) is 9.03. The zero-order chi connectivity index (χ0) is 24.2. The summed E-state index contributed by atoms with van der Waals surface area (Å²) >= 11 is 0. The standard InChI is InChI=1S/C29H29NO4/c1-18(2)22-12-23(19(3)4)14-24(13-22)28-26(31)15-27(34-29(28)32)21-7-9-25(10-8-21)33-17-20-6-5-11-30-16-20/h5-16,18-19,31H,17H2,1-4H3. The van der Waals surface area contributed by atoms with Crippen LogP contribution in [0, 0.1) is 0 Å². The van der Waals surface area contributed by atoms with E-state index in [9.17, 15) is 9.90 Å². The minimum atomic E-state index is -0.567. The number of aromatic hydroxyl groups is 1. The van der Waals surface area contributed by atoms with Crippen molar-refractivity contribution in [1.29, 1.82) is 0 Å². The van der Waals surface area contributed by atoms with Crippen LogP contribution in [-0.2, 0) is 6.61 Å². The average molecular weight is 456 g/mol. The Morgan fingerprint density at radius 2 is 1.59 bits per heavy atom. The number of hydrogen-bond acceptors (Lipinski definition) is 5. The fourth-order valence-corrected chi connectivity index (χ4v) is 3.74. The lowest BCUT2D eigenvalue weighted by Crippen LogP contribution is -2.05. The van der Waals surface area contributed by atoms with Gasteiger partial charge >= 0.3 is 5.63 Å². The third-order valence-corrected chi connectivity index (χ3v) is 5.80. The fraction of sp³-hybridized carbons (Fsp3) is 0.241. The molecule has 0 atom stereocenters. The molecule has 4 aromatic rings. The van der Waals surface area contributed by atoms with Gasteiger partial charge in [0.05, 0.1) is 0 Å². The monoisotopic (exact) mass is 455 g/mol. The molecule has 0 saturated heterocycles. The fourth-order valence-electron chi connectivity index (χ4n) is 3.74. The number of pyridine rings is 1. The van der Waals surface area contributed by atoms with Crippen LogP contribution in [0.15, 0.2) is 82.3 Å². The van der Waals surface area contributed by atoms with E-state index in [1.54, 1.807) is 36.7 Å². The topological polar surface area (TPSA) is 72.6 Å². The Hall–Kier alpha value is -3.86. The summed E-state index contributed by atoms with van der Waals surface area (Å²) in [5.41, 5.74) is 4.17. The molecule has 0 aliphatic heterocycles. The van der Waals surface area contributed by atoms with Gasteiger partial charge in [-0.05, 0) is 58.9 Å². The molecule has 0 bridgehead atoms. The molecule has 5 heteroatoms. The van der Waals surface area contributed by atoms with Gasteiger partial charge in [0.15, 0.2) is 0 Å². The molecule has 0 aliphatic rings. The zero-order valence-electron chi connectivity index (χ0n) is 19.9. The number of benzene rings is 2. The molecule has 2 heterocycles. The van der Waals surface area contributed by atoms with E-state index in [1.165, 1.54) is 6.07 Å². The minimum absolute atomic E-state index is 0.0984. The number of ether oxygens (including phenoxy) is 1. The largest absolute Gasteiger partial charge is 0.507 e. The van der Waals surface area contributed by atoms with E-state index in [0.29, 0.717) is 41.1 Å². The molecule has 5 nitrogen and oxygen atoms in total. The van der Waals surface area contributed by atoms with Gasteiger partial charge in [-0.15, -0.1) is 0 Å². The summed E-state index contributed by atoms with van der Waals surface area (Å²) in [4.78, 5) is 17.0. The Labute approximate surface area is 199 Å². The SMILES string of the molecule is CC(C)c1cc(-c2c(O)cc(-c3ccc(OCc4cccnc4)cc3)oc2=O)cc(C(C)C)c1. The Bertz CT molecular complexity index is 1300. The maximum Gasteiger partial charge on any atom is 0.347 e. The third-order valence-electron chi connectivity index (χ3n) is 5.80. The highest BCUT2D eigenvalue weighted by Crippen LogP contribution is 2.34. The van der Waals surface area contributed by atoms with Crippen molar-refractivity contribution in [2.75, 3.05) is 0 Å². The first-order valence-electron chi connectivity index (χ1n) is 11.5. The minimum Gasteiger partial charge on any atom is -0.507 e. The predicted octanol–water partition coefficient (Wildman–Crippen LogP) is 6.90. The van der Waals surface area contributed by atoms with Crippen LogP contribution < -0.4 is 10.4 Å². The first kappa shape index (κ1) is 23.3. The van der Waals surface area contributed by atoms with Gasteiger partial charge in [-0.3, -0.25) is 4.98 Å². The second-order valence-electron chi connectivity index (χ2n) is 9.03. The highest BCUT2D eigenvalue weighted by atomic mass is 16.5. The van der Waals surface area contributed by atoms with E-state index < -0.39 is 5.63 Å². The van der Waals surface area contributed by atoms with Gasteiger partial charge in [0.2, 0.25) is 0 Å². The van der Waals surface area contributed by atoms with E-state index in [-0.39, 0.29) is 11.3 Å². The number of aromatic nitrogens is 1. The Morgan fingerprint density at radius 1 is 0.912 bits per heavy atom. The van der Waals surface area contributed by atoms with Crippen LogP contribution in [-0.4, -0.2) is 10.1 Å². The molecule has 34 heavy (non-hydrogen) atoms. The van der Waals surface area contributed by atoms with Crippen molar-refractivity contribution in [3.05, 3.63) is 100 Å². The van der Waals surface area contributed by atoms with Crippen molar-refractivity contribution in [3.63, 3.8) is 0 Å². The summed E-state index contributed by atoms with van der Waals surface area (Å²) in [6, 6.07) is 18.6. The molecular weight excluding hydrogens is 426 g/mol. The van der Waals surface area contributed by atoms with Crippen LogP contribution in [0.25, 0.3) is 22.5 Å². The van der Waals surface area contributed by atoms with E-state index in [1.807, 2.05) is 24.3 Å². The molecule has 0 radical (unpaired) electrons. The molecule has 0 saturated carbocycles. The maximum absolute atomic E-state index is 13.0. The van der Waals surface area contributed by atoms with E-state index >= 15 is 0 Å². The second kappa shape index (κ2) is 9.96. The van der Waals surface area contributed by atoms with Gasteiger partial charge in [0.1, 0.15) is 29.4 Å². The smallest absolute Gasteiger partial charge is 0.347 e. The molecule has 4 rings (SSSR count). The number of hydrogen-bond donors (Lipinski definition) is 1. The van der Waals surface area contributed by atoms with Crippen molar-refractivity contribution >= 4 is 0 Å². The lowest BCUT2D eigenvalue weighted by Gasteiger charge is -2.15. The quantitative estimate of drug-likeness (QED) is 0.328. The third kappa shape index (κ3) is 5.20. The average Bonchev–Trinajstić information content (AvgIpc) is 2.83. The lowest BCUT2D eigenvalue weighted by molar-refractivity contribution is 0.306. The van der Waals surface area contributed by atoms with Crippen LogP contribution in [0.2, 0.25) is 0 Å². The summed E-state index contributed by atoms with van der Waals surface area (Å²) in [5.74, 6) is 1.48. The molecule has 174 valence electrons. The summed E-state index contributed by atoms with van der Waals surface area (Å²) < 4.78 is 11.4. The maximum atomic E-state index is 13.0. The van der Waals surface area contributed by atoms with Crippen LogP contribution >= 0.6 is 0 Å². The Morgan fingerprint density at radius 3 is 2.15 bits per heavy atom. The predicted molar refractivity (Wildman–Crippen MR) is 134 cm³/mol. The van der Waals surface area contributed by atoms with Gasteiger partial charge in [-0.25, -0.2) is 4.79 Å². The van der Waals surface area contributed by atoms with E-state index in [4.69, 9.17) is 9.15 Å². The van der Waals surface area contributed by atoms with Crippen molar-refractivity contribution in [3.8, 4) is 33.9 Å². The molecule has 0 unspecified atom stereocenters. The zero-order valence-corrected chi connectivity index (χ0v) is 19.9. The molecule has 2 aromatic heterocycles. The van der Waals surface area contributed by atoms with E-state index in [0.717, 1.165) is 16.7 Å². The van der Waals surface area contributed by atoms with Gasteiger partial charge < -0.3 is 14.3 Å². The number of rotatable bonds is 7. The van der Waals surface area contributed by atoms with Gasteiger partial charge in [-0.2, -0.15) is 0 Å². The van der Waals surface area contributed by atoms with Gasteiger partial charge in [0.25, 0.3) is 0 Å². The Kier molecular flexibility index (Phi) is 6.82. The summed E-state index contributed by atoms with van der Waals surface area (Å²) in [6.07, 6.45) is 3.48. The highest BCUT2D eigenvalue weighted by molar-refractivity contribution is 5.73. The summed E-state index contributed by atoms with van der Waals surface area (Å²) in [7, 11) is 0. The molecule has 0 spiro atoms. The van der Waals surface area contributed by atoms with Crippen LogP contribution in [0.4, 0.5) is 0 Å². The number of nitrogens with zero attached hydrogens (tertiary/aromatic N) is 1. The van der Waals surface area contributed by atoms with E-state index in [2.05, 4.69) is 38.7 Å². The van der Waals surface area contributed by atoms with Crippen molar-refractivity contribution in [2.45, 2.75) is 46.1 Å². The summed E-state index contributed by atoms with van der Waals surface area (Å²) in [5, 5.41) is 10.8. The van der Waals surface area contributed by atoms with Crippen molar-refractivity contribution in [1.82, 2.24) is 4.98 Å². The first-order chi connectivity index (χ1) is 16.3. The molecule has 2 aromatic carbocycles. The van der Waals surface area contributed by atoms with Gasteiger partial charge in [0, 0.05) is 29.6 Å². The molecule has 1 N–H and O–H groups in total. The first-order valence-corrected chi connectivity index (χ1v) is 11.5. The molecular formula is C29H29NO4. The summed E-state index contributed by atoms with van der Waals surface area (Å²) in [6.45, 7) is 8.85. The van der Waals surface area contributed by atoms with Crippen LogP contribution in [0.3, 0.4) is 0 Å². The van der Waals surface area contributed by atoms with Gasteiger partial charge in [-0.1, -0.05) is 52.0 Å². The molecule has 0 fully saturated rings. The lowest BCUT2D eigenvalue weighted by atomic mass is 9.91. The normalized spacial score (nSPS) is 11.2. The van der Waals surface area contributed by atoms with Crippen molar-refractivity contribution in [2.24, 2.45) is 0 Å². The Balaban J connectivity index is 1.61.